The van der Waals surface area contributed by atoms with Crippen LogP contribution in [0.15, 0.2) is 12.1 Å². The molecule has 0 saturated heterocycles. The number of pyridine rings is 1. The van der Waals surface area contributed by atoms with Crippen LogP contribution in [0, 0.1) is 20.0 Å². The second-order valence-corrected chi connectivity index (χ2v) is 1.84. The van der Waals surface area contributed by atoms with E-state index in [1.807, 2.05) is 26.0 Å². The summed E-state index contributed by atoms with van der Waals surface area (Å²) in [7, 11) is 0. The first-order valence-electron chi connectivity index (χ1n) is 2.61. The molecule has 0 aromatic carbocycles. The maximum Gasteiger partial charge on any atom is 1.00 e. The van der Waals surface area contributed by atoms with Crippen molar-refractivity contribution in [3.05, 3.63) is 29.6 Å². The summed E-state index contributed by atoms with van der Waals surface area (Å²) in [4.78, 5) is 3.95. The van der Waals surface area contributed by atoms with Gasteiger partial charge in [0.05, 0.1) is 0 Å². The predicted octanol–water partition coefficient (Wildman–Crippen LogP) is -1.50. The Bertz CT molecular complexity index is 165. The van der Waals surface area contributed by atoms with Gasteiger partial charge in [0.25, 0.3) is 0 Å². The Morgan fingerprint density at radius 3 is 2.44 bits per heavy atom. The van der Waals surface area contributed by atoms with E-state index in [-0.39, 0.29) is 51.4 Å². The molecular weight excluding hydrogens is 137 g/mol. The van der Waals surface area contributed by atoms with E-state index in [0.717, 1.165) is 5.69 Å². The largest absolute Gasteiger partial charge is 1.00 e. The van der Waals surface area contributed by atoms with Crippen LogP contribution in [-0.4, -0.2) is 4.98 Å². The molecule has 1 rings (SSSR count). The average molecular weight is 145 g/mol. The maximum atomic E-state index is 3.95. The van der Waals surface area contributed by atoms with Gasteiger partial charge in [-0.3, -0.25) is 0 Å². The van der Waals surface area contributed by atoms with E-state index in [0.29, 0.717) is 0 Å². The number of hydrogen-bond acceptors (Lipinski definition) is 1. The van der Waals surface area contributed by atoms with Gasteiger partial charge in [0.2, 0.25) is 0 Å². The maximum absolute atomic E-state index is 3.95. The molecule has 0 aliphatic rings. The smallest absolute Gasteiger partial charge is 0.391 e. The summed E-state index contributed by atoms with van der Waals surface area (Å²) in [6.07, 6.45) is 2.75. The monoisotopic (exact) mass is 145 g/mol. The van der Waals surface area contributed by atoms with E-state index in [2.05, 4.69) is 11.2 Å². The zero-order valence-electron chi connectivity index (χ0n) is 6.10. The van der Waals surface area contributed by atoms with Gasteiger partial charge in [0.1, 0.15) is 0 Å². The van der Waals surface area contributed by atoms with Crippen LogP contribution in [0.4, 0.5) is 0 Å². The van der Waals surface area contributed by atoms with Crippen molar-refractivity contribution in [3.8, 4) is 0 Å². The number of nitrogens with zero attached hydrogens (tertiary/aromatic N) is 1. The van der Waals surface area contributed by atoms with E-state index in [1.165, 1.54) is 5.56 Å². The van der Waals surface area contributed by atoms with Crippen molar-refractivity contribution in [1.29, 1.82) is 0 Å². The van der Waals surface area contributed by atoms with Gasteiger partial charge < -0.3 is 4.98 Å². The molecule has 0 unspecified atom stereocenters. The summed E-state index contributed by atoms with van der Waals surface area (Å²) in [6, 6.07) is 3.82. The fourth-order valence-corrected chi connectivity index (χ4v) is 0.505. The minimum absolute atomic E-state index is 0. The molecule has 0 amide bonds. The van der Waals surface area contributed by atoms with Crippen LogP contribution in [0.25, 0.3) is 0 Å². The van der Waals surface area contributed by atoms with Gasteiger partial charge in [-0.05, 0) is 0 Å². The van der Waals surface area contributed by atoms with Crippen LogP contribution < -0.4 is 51.4 Å². The molecule has 1 heterocycles. The van der Waals surface area contributed by atoms with Gasteiger partial charge in [0, 0.05) is 0 Å². The van der Waals surface area contributed by atoms with E-state index in [9.17, 15) is 0 Å². The zero-order valence-corrected chi connectivity index (χ0v) is 9.23. The summed E-state index contributed by atoms with van der Waals surface area (Å²) in [5, 5.41) is 0. The molecule has 1 aromatic rings. The Balaban J connectivity index is 0.000000640. The topological polar surface area (TPSA) is 12.9 Å². The number of rotatable bonds is 0. The molecule has 0 N–H and O–H groups in total. The summed E-state index contributed by atoms with van der Waals surface area (Å²) in [6.45, 7) is 4.02. The molecule has 0 bridgehead atoms. The molecular formula is C7H8KN. The normalized spacial score (nSPS) is 8.22. The number of hydrogen-bond donors (Lipinski definition) is 0. The van der Waals surface area contributed by atoms with E-state index in [1.54, 1.807) is 0 Å². The first-order valence-corrected chi connectivity index (χ1v) is 2.61. The minimum Gasteiger partial charge on any atom is -0.391 e. The van der Waals surface area contributed by atoms with Gasteiger partial charge in [-0.1, -0.05) is 25.7 Å². The van der Waals surface area contributed by atoms with Crippen molar-refractivity contribution in [2.45, 2.75) is 13.8 Å². The average Bonchev–Trinajstić information content (AvgIpc) is 1.77. The molecule has 0 spiro atoms. The molecule has 0 aliphatic heterocycles. The SMILES string of the molecule is Cc1cc[c-]nc1C.[K+]. The van der Waals surface area contributed by atoms with Crippen LogP contribution in [0.3, 0.4) is 0 Å². The number of aryl methyl sites for hydroxylation is 2. The molecule has 0 atom stereocenters. The quantitative estimate of drug-likeness (QED) is 0.320. The van der Waals surface area contributed by atoms with Gasteiger partial charge in [-0.2, -0.15) is 12.1 Å². The van der Waals surface area contributed by atoms with Crippen LogP contribution in [0.2, 0.25) is 0 Å². The van der Waals surface area contributed by atoms with E-state index < -0.39 is 0 Å². The van der Waals surface area contributed by atoms with Gasteiger partial charge in [0.15, 0.2) is 0 Å². The fourth-order valence-electron chi connectivity index (χ4n) is 0.505. The molecule has 0 fully saturated rings. The molecule has 0 aliphatic carbocycles. The third-order valence-electron chi connectivity index (χ3n) is 1.21. The minimum atomic E-state index is 0. The molecule has 0 saturated carbocycles. The van der Waals surface area contributed by atoms with Crippen LogP contribution in [0.5, 0.6) is 0 Å². The first-order chi connectivity index (χ1) is 3.80. The molecule has 1 aromatic heterocycles. The van der Waals surface area contributed by atoms with Crippen molar-refractivity contribution < 1.29 is 51.4 Å². The third-order valence-corrected chi connectivity index (χ3v) is 1.21. The summed E-state index contributed by atoms with van der Waals surface area (Å²) in [5.74, 6) is 0. The second-order valence-electron chi connectivity index (χ2n) is 1.84. The Kier molecular flexibility index (Phi) is 4.98. The van der Waals surface area contributed by atoms with Gasteiger partial charge in [-0.25, -0.2) is 0 Å². The molecule has 9 heavy (non-hydrogen) atoms. The first kappa shape index (κ1) is 9.79. The van der Waals surface area contributed by atoms with Crippen molar-refractivity contribution in [2.75, 3.05) is 0 Å². The zero-order chi connectivity index (χ0) is 5.98. The third kappa shape index (κ3) is 2.91. The summed E-state index contributed by atoms with van der Waals surface area (Å²) < 4.78 is 0. The van der Waals surface area contributed by atoms with Crippen LogP contribution in [0.1, 0.15) is 11.3 Å². The molecule has 2 heteroatoms. The van der Waals surface area contributed by atoms with E-state index >= 15 is 0 Å². The van der Waals surface area contributed by atoms with Crippen molar-refractivity contribution in [1.82, 2.24) is 4.98 Å². The van der Waals surface area contributed by atoms with Crippen LogP contribution >= 0.6 is 0 Å². The Morgan fingerprint density at radius 1 is 1.44 bits per heavy atom. The van der Waals surface area contributed by atoms with Gasteiger partial charge in [-0.15, -0.1) is 5.56 Å². The Hall–Kier alpha value is 0.786. The molecule has 1 nitrogen and oxygen atoms in total. The van der Waals surface area contributed by atoms with Crippen molar-refractivity contribution >= 4 is 0 Å². The summed E-state index contributed by atoms with van der Waals surface area (Å²) >= 11 is 0. The second kappa shape index (κ2) is 4.58. The summed E-state index contributed by atoms with van der Waals surface area (Å²) in [5.41, 5.74) is 2.29. The fraction of sp³-hybridized carbons (Fsp3) is 0.286. The standard InChI is InChI=1S/C7H8N.K/c1-6-4-3-5-8-7(6)2;/h3-4H,1-2H3;/q-1;+1. The number of aromatic nitrogens is 1. The predicted molar refractivity (Wildman–Crippen MR) is 32.5 cm³/mol. The van der Waals surface area contributed by atoms with E-state index in [4.69, 9.17) is 0 Å². The van der Waals surface area contributed by atoms with Crippen LogP contribution in [-0.2, 0) is 0 Å². The van der Waals surface area contributed by atoms with Crippen molar-refractivity contribution in [2.24, 2.45) is 0 Å². The molecule has 0 radical (unpaired) electrons. The van der Waals surface area contributed by atoms with Gasteiger partial charge >= 0.3 is 51.4 Å². The molecule has 42 valence electrons. The Labute approximate surface area is 98.3 Å². The van der Waals surface area contributed by atoms with Crippen molar-refractivity contribution in [3.63, 3.8) is 0 Å². The Morgan fingerprint density at radius 2 is 2.11 bits per heavy atom.